The van der Waals surface area contributed by atoms with Gasteiger partial charge in [-0.05, 0) is 47.4 Å². The van der Waals surface area contributed by atoms with Crippen molar-refractivity contribution in [1.29, 1.82) is 5.26 Å². The lowest BCUT2D eigenvalue weighted by Gasteiger charge is -2.07. The fourth-order valence-corrected chi connectivity index (χ4v) is 2.21. The summed E-state index contributed by atoms with van der Waals surface area (Å²) < 4.78 is 11.3. The van der Waals surface area contributed by atoms with Gasteiger partial charge in [0, 0.05) is 0 Å². The van der Waals surface area contributed by atoms with Crippen LogP contribution >= 0.6 is 0 Å². The fraction of sp³-hybridized carbons (Fsp3) is 0.133. The minimum absolute atomic E-state index is 0.166. The van der Waals surface area contributed by atoms with E-state index in [2.05, 4.69) is 6.07 Å². The standard InChI is InChI=1S/C15H12BNO2/c1-16-15-7-6-14(8-12(15)10-18-16)19-13-4-2-11(9-17)3-5-13/h2-8H,10H2,1H3. The van der Waals surface area contributed by atoms with Crippen molar-refractivity contribution < 1.29 is 9.39 Å². The molecule has 2 aromatic carbocycles. The van der Waals surface area contributed by atoms with Crippen LogP contribution in [0, 0.1) is 11.3 Å². The minimum Gasteiger partial charge on any atom is -0.457 e. The number of nitrogens with zero attached hydrogens (tertiary/aromatic N) is 1. The number of rotatable bonds is 2. The molecule has 0 amide bonds. The Balaban J connectivity index is 1.82. The summed E-state index contributed by atoms with van der Waals surface area (Å²) in [7, 11) is 0. The number of ether oxygens (including phenoxy) is 1. The maximum absolute atomic E-state index is 8.74. The molecule has 1 aliphatic heterocycles. The van der Waals surface area contributed by atoms with Crippen LogP contribution in [0.3, 0.4) is 0 Å². The van der Waals surface area contributed by atoms with Gasteiger partial charge in [0.2, 0.25) is 0 Å². The van der Waals surface area contributed by atoms with Gasteiger partial charge >= 0.3 is 6.92 Å². The van der Waals surface area contributed by atoms with Crippen LogP contribution in [-0.2, 0) is 11.3 Å². The fourth-order valence-electron chi connectivity index (χ4n) is 2.21. The van der Waals surface area contributed by atoms with Crippen molar-refractivity contribution in [3.63, 3.8) is 0 Å². The first-order valence-corrected chi connectivity index (χ1v) is 6.19. The van der Waals surface area contributed by atoms with Crippen molar-refractivity contribution in [2.45, 2.75) is 13.4 Å². The number of hydrogen-bond acceptors (Lipinski definition) is 3. The molecule has 0 aromatic heterocycles. The highest BCUT2D eigenvalue weighted by atomic mass is 16.5. The molecule has 0 fully saturated rings. The Hall–Kier alpha value is -2.25. The van der Waals surface area contributed by atoms with E-state index >= 15 is 0 Å². The van der Waals surface area contributed by atoms with Crippen LogP contribution in [0.25, 0.3) is 0 Å². The van der Waals surface area contributed by atoms with Crippen molar-refractivity contribution in [3.05, 3.63) is 53.6 Å². The van der Waals surface area contributed by atoms with E-state index in [1.54, 1.807) is 24.3 Å². The monoisotopic (exact) mass is 249 g/mol. The van der Waals surface area contributed by atoms with Gasteiger partial charge in [-0.2, -0.15) is 5.26 Å². The second-order valence-corrected chi connectivity index (χ2v) is 4.55. The number of fused-ring (bicyclic) bond motifs is 1. The third-order valence-corrected chi connectivity index (χ3v) is 3.26. The third-order valence-electron chi connectivity index (χ3n) is 3.26. The Morgan fingerprint density at radius 2 is 1.89 bits per heavy atom. The summed E-state index contributed by atoms with van der Waals surface area (Å²) in [6.07, 6.45) is 0. The van der Waals surface area contributed by atoms with E-state index < -0.39 is 0 Å². The van der Waals surface area contributed by atoms with E-state index in [-0.39, 0.29) is 6.92 Å². The Morgan fingerprint density at radius 1 is 1.16 bits per heavy atom. The van der Waals surface area contributed by atoms with Crippen molar-refractivity contribution >= 4 is 12.4 Å². The molecule has 0 saturated heterocycles. The molecule has 1 heterocycles. The Labute approximate surface area is 112 Å². The average molecular weight is 249 g/mol. The highest BCUT2D eigenvalue weighted by Gasteiger charge is 2.23. The zero-order chi connectivity index (χ0) is 13.2. The first-order valence-electron chi connectivity index (χ1n) is 6.19. The van der Waals surface area contributed by atoms with Gasteiger partial charge in [-0.3, -0.25) is 0 Å². The van der Waals surface area contributed by atoms with Crippen LogP contribution in [0.4, 0.5) is 0 Å². The van der Waals surface area contributed by atoms with Gasteiger partial charge in [0.25, 0.3) is 0 Å². The van der Waals surface area contributed by atoms with Gasteiger partial charge in [-0.15, -0.1) is 0 Å². The molecular formula is C15H12BNO2. The summed E-state index contributed by atoms with van der Waals surface area (Å²) in [4.78, 5) is 0. The third kappa shape index (κ3) is 2.33. The van der Waals surface area contributed by atoms with Crippen LogP contribution in [-0.4, -0.2) is 6.92 Å². The minimum atomic E-state index is 0.166. The van der Waals surface area contributed by atoms with E-state index in [0.717, 1.165) is 11.5 Å². The van der Waals surface area contributed by atoms with Gasteiger partial charge in [-0.25, -0.2) is 0 Å². The van der Waals surface area contributed by atoms with Crippen LogP contribution in [0.5, 0.6) is 11.5 Å². The summed E-state index contributed by atoms with van der Waals surface area (Å²) >= 11 is 0. The molecule has 19 heavy (non-hydrogen) atoms. The van der Waals surface area contributed by atoms with Gasteiger partial charge in [0.05, 0.1) is 18.2 Å². The normalized spacial score (nSPS) is 12.9. The Kier molecular flexibility index (Phi) is 2.98. The predicted octanol–water partition coefficient (Wildman–Crippen LogP) is 2.71. The molecule has 0 spiro atoms. The second-order valence-electron chi connectivity index (χ2n) is 4.55. The molecule has 92 valence electrons. The molecule has 0 radical (unpaired) electrons. The van der Waals surface area contributed by atoms with Gasteiger partial charge in [0.15, 0.2) is 0 Å². The van der Waals surface area contributed by atoms with Gasteiger partial charge in [0.1, 0.15) is 11.5 Å². The molecule has 0 atom stereocenters. The molecule has 3 rings (SSSR count). The van der Waals surface area contributed by atoms with Crippen molar-refractivity contribution in [2.75, 3.05) is 0 Å². The molecule has 0 bridgehead atoms. The van der Waals surface area contributed by atoms with E-state index in [9.17, 15) is 0 Å². The number of benzene rings is 2. The molecule has 1 aliphatic rings. The first kappa shape index (κ1) is 11.8. The highest BCUT2D eigenvalue weighted by molar-refractivity contribution is 6.67. The lowest BCUT2D eigenvalue weighted by Crippen LogP contribution is -2.23. The smallest absolute Gasteiger partial charge is 0.324 e. The summed E-state index contributed by atoms with van der Waals surface area (Å²) in [5.41, 5.74) is 3.04. The summed E-state index contributed by atoms with van der Waals surface area (Å²) in [5, 5.41) is 8.74. The van der Waals surface area contributed by atoms with Crippen molar-refractivity contribution in [2.24, 2.45) is 0 Å². The zero-order valence-corrected chi connectivity index (χ0v) is 10.6. The summed E-state index contributed by atoms with van der Waals surface area (Å²) in [6.45, 7) is 2.85. The molecule has 4 heteroatoms. The van der Waals surface area contributed by atoms with E-state index in [0.29, 0.717) is 12.2 Å². The molecule has 2 aromatic rings. The predicted molar refractivity (Wildman–Crippen MR) is 73.7 cm³/mol. The lowest BCUT2D eigenvalue weighted by molar-refractivity contribution is 0.333. The highest BCUT2D eigenvalue weighted by Crippen LogP contribution is 2.24. The lowest BCUT2D eigenvalue weighted by atomic mass is 9.64. The molecular weight excluding hydrogens is 237 g/mol. The molecule has 0 unspecified atom stereocenters. The van der Waals surface area contributed by atoms with Crippen LogP contribution in [0.15, 0.2) is 42.5 Å². The Bertz CT molecular complexity index is 646. The first-order chi connectivity index (χ1) is 9.26. The maximum atomic E-state index is 8.74. The zero-order valence-electron chi connectivity index (χ0n) is 10.6. The number of nitriles is 1. The van der Waals surface area contributed by atoms with Crippen molar-refractivity contribution in [3.8, 4) is 17.6 Å². The Morgan fingerprint density at radius 3 is 2.63 bits per heavy atom. The van der Waals surface area contributed by atoms with E-state index in [1.165, 1.54) is 11.0 Å². The van der Waals surface area contributed by atoms with E-state index in [1.807, 2.05) is 25.0 Å². The van der Waals surface area contributed by atoms with Crippen LogP contribution < -0.4 is 10.2 Å². The largest absolute Gasteiger partial charge is 0.457 e. The summed E-state index contributed by atoms with van der Waals surface area (Å²) in [6, 6.07) is 15.2. The second kappa shape index (κ2) is 4.79. The molecule has 0 N–H and O–H groups in total. The SMILES string of the molecule is CB1OCc2cc(Oc3ccc(C#N)cc3)ccc21. The quantitative estimate of drug-likeness (QED) is 0.768. The van der Waals surface area contributed by atoms with E-state index in [4.69, 9.17) is 14.7 Å². The van der Waals surface area contributed by atoms with Crippen LogP contribution in [0.1, 0.15) is 11.1 Å². The van der Waals surface area contributed by atoms with Gasteiger partial charge in [-0.1, -0.05) is 12.9 Å². The molecule has 0 aliphatic carbocycles. The van der Waals surface area contributed by atoms with Crippen LogP contribution in [0.2, 0.25) is 6.82 Å². The maximum Gasteiger partial charge on any atom is 0.324 e. The molecule has 3 nitrogen and oxygen atoms in total. The topological polar surface area (TPSA) is 42.2 Å². The summed E-state index contributed by atoms with van der Waals surface area (Å²) in [5.74, 6) is 1.52. The average Bonchev–Trinajstić information content (AvgIpc) is 2.81. The number of hydrogen-bond donors (Lipinski definition) is 0. The molecule has 0 saturated carbocycles. The van der Waals surface area contributed by atoms with Crippen molar-refractivity contribution in [1.82, 2.24) is 0 Å². The van der Waals surface area contributed by atoms with Gasteiger partial charge < -0.3 is 9.39 Å².